The van der Waals surface area contributed by atoms with Gasteiger partial charge in [-0.3, -0.25) is 0 Å². The Morgan fingerprint density at radius 3 is 2.75 bits per heavy atom. The summed E-state index contributed by atoms with van der Waals surface area (Å²) in [6.45, 7) is 2.71. The Bertz CT molecular complexity index is 744. The highest BCUT2D eigenvalue weighted by Crippen LogP contribution is 2.21. The fourth-order valence-electron chi connectivity index (χ4n) is 2.46. The quantitative estimate of drug-likeness (QED) is 0.688. The number of hydrogen-bond acceptors (Lipinski definition) is 1. The summed E-state index contributed by atoms with van der Waals surface area (Å²) in [4.78, 5) is 4.63. The number of aromatic nitrogens is 2. The van der Waals surface area contributed by atoms with Crippen LogP contribution in [0.1, 0.15) is 18.3 Å². The summed E-state index contributed by atoms with van der Waals surface area (Å²) in [7, 11) is 0. The highest BCUT2D eigenvalue weighted by atomic mass is 79.9. The maximum Gasteiger partial charge on any atom is 0.124 e. The van der Waals surface area contributed by atoms with Crippen molar-refractivity contribution in [2.45, 2.75) is 19.9 Å². The van der Waals surface area contributed by atoms with Crippen molar-refractivity contribution in [2.75, 3.05) is 0 Å². The molecule has 0 amide bonds. The van der Waals surface area contributed by atoms with E-state index in [1.165, 1.54) is 6.07 Å². The smallest absolute Gasteiger partial charge is 0.124 e. The van der Waals surface area contributed by atoms with E-state index in [0.717, 1.165) is 33.3 Å². The van der Waals surface area contributed by atoms with Gasteiger partial charge in [0.15, 0.2) is 0 Å². The number of para-hydroxylation sites is 2. The summed E-state index contributed by atoms with van der Waals surface area (Å²) < 4.78 is 16.4. The van der Waals surface area contributed by atoms with Gasteiger partial charge in [-0.15, -0.1) is 0 Å². The molecule has 0 unspecified atom stereocenters. The van der Waals surface area contributed by atoms with Gasteiger partial charge in [-0.25, -0.2) is 9.37 Å². The average Bonchev–Trinajstić information content (AvgIpc) is 2.76. The van der Waals surface area contributed by atoms with E-state index in [4.69, 9.17) is 0 Å². The first-order chi connectivity index (χ1) is 9.67. The zero-order chi connectivity index (χ0) is 14.1. The number of hydrogen-bond donors (Lipinski definition) is 0. The molecule has 0 radical (unpaired) electrons. The van der Waals surface area contributed by atoms with E-state index in [9.17, 15) is 4.39 Å². The van der Waals surface area contributed by atoms with Gasteiger partial charge in [0.25, 0.3) is 0 Å². The first kappa shape index (κ1) is 13.3. The van der Waals surface area contributed by atoms with Gasteiger partial charge < -0.3 is 4.57 Å². The minimum Gasteiger partial charge on any atom is -0.323 e. The molecule has 3 rings (SSSR count). The average molecular weight is 333 g/mol. The molecule has 0 fully saturated rings. The van der Waals surface area contributed by atoms with Crippen molar-refractivity contribution in [3.8, 4) is 0 Å². The van der Waals surface area contributed by atoms with E-state index in [1.807, 2.05) is 24.3 Å². The summed E-state index contributed by atoms with van der Waals surface area (Å²) in [6.07, 6.45) is 0.852. The lowest BCUT2D eigenvalue weighted by Gasteiger charge is -2.09. The molecule has 0 saturated heterocycles. The van der Waals surface area contributed by atoms with Gasteiger partial charge in [0.2, 0.25) is 0 Å². The minimum atomic E-state index is -0.225. The van der Waals surface area contributed by atoms with E-state index in [2.05, 4.69) is 38.5 Å². The van der Waals surface area contributed by atoms with Crippen molar-refractivity contribution in [1.82, 2.24) is 9.55 Å². The molecular weight excluding hydrogens is 319 g/mol. The first-order valence-electron chi connectivity index (χ1n) is 6.56. The van der Waals surface area contributed by atoms with Crippen LogP contribution in [0.15, 0.2) is 46.9 Å². The van der Waals surface area contributed by atoms with Crippen LogP contribution in [0.2, 0.25) is 0 Å². The first-order valence-corrected chi connectivity index (χ1v) is 7.36. The molecule has 0 aliphatic carbocycles. The topological polar surface area (TPSA) is 17.8 Å². The lowest BCUT2D eigenvalue weighted by Crippen LogP contribution is -2.04. The van der Waals surface area contributed by atoms with Crippen LogP contribution < -0.4 is 0 Å². The molecule has 0 N–H and O–H groups in total. The van der Waals surface area contributed by atoms with Gasteiger partial charge in [0, 0.05) is 17.4 Å². The van der Waals surface area contributed by atoms with Gasteiger partial charge in [0.05, 0.1) is 11.0 Å². The Morgan fingerprint density at radius 1 is 1.20 bits per heavy atom. The summed E-state index contributed by atoms with van der Waals surface area (Å²) in [5.74, 6) is 0.795. The highest BCUT2D eigenvalue weighted by molar-refractivity contribution is 9.10. The second kappa shape index (κ2) is 5.37. The third-order valence-corrected chi connectivity index (χ3v) is 3.77. The number of fused-ring (bicyclic) bond motifs is 1. The van der Waals surface area contributed by atoms with Crippen LogP contribution in [0, 0.1) is 5.82 Å². The molecule has 0 atom stereocenters. The number of nitrogens with zero attached hydrogens (tertiary/aromatic N) is 2. The van der Waals surface area contributed by atoms with Gasteiger partial charge in [-0.2, -0.15) is 0 Å². The van der Waals surface area contributed by atoms with Crippen molar-refractivity contribution in [1.29, 1.82) is 0 Å². The van der Waals surface area contributed by atoms with Crippen LogP contribution >= 0.6 is 15.9 Å². The molecular formula is C16H14BrFN2. The van der Waals surface area contributed by atoms with Gasteiger partial charge in [0.1, 0.15) is 11.6 Å². The molecule has 0 bridgehead atoms. The van der Waals surface area contributed by atoms with E-state index >= 15 is 0 Å². The van der Waals surface area contributed by atoms with Gasteiger partial charge in [-0.1, -0.05) is 35.0 Å². The molecule has 20 heavy (non-hydrogen) atoms. The minimum absolute atomic E-state index is 0.225. The Hall–Kier alpha value is -1.68. The van der Waals surface area contributed by atoms with E-state index in [1.54, 1.807) is 6.07 Å². The van der Waals surface area contributed by atoms with Crippen LogP contribution in [0.25, 0.3) is 11.0 Å². The molecule has 102 valence electrons. The Balaban J connectivity index is 2.09. The lowest BCUT2D eigenvalue weighted by molar-refractivity contribution is 0.622. The van der Waals surface area contributed by atoms with Gasteiger partial charge in [-0.05, 0) is 35.9 Å². The van der Waals surface area contributed by atoms with Crippen molar-refractivity contribution in [3.63, 3.8) is 0 Å². The van der Waals surface area contributed by atoms with Crippen molar-refractivity contribution in [3.05, 3.63) is 64.1 Å². The van der Waals surface area contributed by atoms with Crippen LogP contribution in [0.4, 0.5) is 4.39 Å². The van der Waals surface area contributed by atoms with Crippen molar-refractivity contribution >= 4 is 27.0 Å². The van der Waals surface area contributed by atoms with Crippen LogP contribution in [-0.2, 0) is 13.0 Å². The molecule has 1 aromatic heterocycles. The third-order valence-electron chi connectivity index (χ3n) is 3.31. The van der Waals surface area contributed by atoms with Crippen LogP contribution in [0.3, 0.4) is 0 Å². The highest BCUT2D eigenvalue weighted by Gasteiger charge is 2.10. The summed E-state index contributed by atoms with van der Waals surface area (Å²) in [6, 6.07) is 13.0. The molecule has 1 heterocycles. The number of halogens is 2. The molecule has 2 aromatic carbocycles. The summed E-state index contributed by atoms with van der Waals surface area (Å²) in [5.41, 5.74) is 3.00. The fourth-order valence-corrected chi connectivity index (χ4v) is 2.97. The normalized spacial score (nSPS) is 11.2. The standard InChI is InChI=1S/C16H14BrFN2/c1-2-16-19-14-5-3-4-6-15(14)20(16)10-11-7-12(17)9-13(18)8-11/h3-9H,2,10H2,1H3. The van der Waals surface area contributed by atoms with Crippen LogP contribution in [0.5, 0.6) is 0 Å². The van der Waals surface area contributed by atoms with E-state index in [-0.39, 0.29) is 5.82 Å². The molecule has 3 aromatic rings. The SMILES string of the molecule is CCc1nc2ccccc2n1Cc1cc(F)cc(Br)c1. The summed E-state index contributed by atoms with van der Waals surface area (Å²) in [5, 5.41) is 0. The molecule has 0 saturated carbocycles. The number of imidazole rings is 1. The largest absolute Gasteiger partial charge is 0.323 e. The zero-order valence-electron chi connectivity index (χ0n) is 11.1. The maximum absolute atomic E-state index is 13.5. The van der Waals surface area contributed by atoms with E-state index in [0.29, 0.717) is 6.54 Å². The van der Waals surface area contributed by atoms with Crippen LogP contribution in [-0.4, -0.2) is 9.55 Å². The Kier molecular flexibility index (Phi) is 3.57. The second-order valence-corrected chi connectivity index (χ2v) is 5.65. The summed E-state index contributed by atoms with van der Waals surface area (Å²) >= 11 is 3.34. The number of benzene rings is 2. The predicted octanol–water partition coefficient (Wildman–Crippen LogP) is 4.55. The number of aryl methyl sites for hydroxylation is 1. The Labute approximate surface area is 125 Å². The Morgan fingerprint density at radius 2 is 2.00 bits per heavy atom. The predicted molar refractivity (Wildman–Crippen MR) is 82.3 cm³/mol. The van der Waals surface area contributed by atoms with Gasteiger partial charge >= 0.3 is 0 Å². The monoisotopic (exact) mass is 332 g/mol. The van der Waals surface area contributed by atoms with Crippen molar-refractivity contribution < 1.29 is 4.39 Å². The molecule has 0 aliphatic rings. The molecule has 0 spiro atoms. The molecule has 0 aliphatic heterocycles. The number of rotatable bonds is 3. The molecule has 2 nitrogen and oxygen atoms in total. The van der Waals surface area contributed by atoms with E-state index < -0.39 is 0 Å². The molecule has 4 heteroatoms. The third kappa shape index (κ3) is 2.48. The van der Waals surface area contributed by atoms with Crippen molar-refractivity contribution in [2.24, 2.45) is 0 Å². The fraction of sp³-hybridized carbons (Fsp3) is 0.188. The zero-order valence-corrected chi connectivity index (χ0v) is 12.7. The lowest BCUT2D eigenvalue weighted by atomic mass is 10.2. The maximum atomic E-state index is 13.5. The second-order valence-electron chi connectivity index (χ2n) is 4.73.